The molecule has 7 heteroatoms. The molecule has 0 spiro atoms. The summed E-state index contributed by atoms with van der Waals surface area (Å²) in [5, 5.41) is 12.2. The summed E-state index contributed by atoms with van der Waals surface area (Å²) in [5.74, 6) is 0.377. The van der Waals surface area contributed by atoms with Crippen LogP contribution in [0.5, 0.6) is 5.75 Å². The number of benzene rings is 2. The first-order valence-corrected chi connectivity index (χ1v) is 10.1. The van der Waals surface area contributed by atoms with Gasteiger partial charge in [0.25, 0.3) is 5.91 Å². The van der Waals surface area contributed by atoms with Crippen LogP contribution in [0.4, 0.5) is 5.13 Å². The molecule has 1 aliphatic rings. The Hall–Kier alpha value is -2.77. The number of ether oxygens (including phenoxy) is 2. The summed E-state index contributed by atoms with van der Waals surface area (Å²) >= 11 is 1.35. The highest BCUT2D eigenvalue weighted by Crippen LogP contribution is 2.32. The van der Waals surface area contributed by atoms with Gasteiger partial charge in [-0.1, -0.05) is 53.8 Å². The Morgan fingerprint density at radius 3 is 2.61 bits per heavy atom. The van der Waals surface area contributed by atoms with Crippen LogP contribution in [0.25, 0.3) is 11.1 Å². The van der Waals surface area contributed by atoms with Gasteiger partial charge in [-0.25, -0.2) is 0 Å². The third-order valence-corrected chi connectivity index (χ3v) is 5.45. The van der Waals surface area contributed by atoms with Crippen molar-refractivity contribution < 1.29 is 14.3 Å². The summed E-state index contributed by atoms with van der Waals surface area (Å²) in [6, 6.07) is 17.8. The van der Waals surface area contributed by atoms with Crippen LogP contribution in [0.15, 0.2) is 54.6 Å². The van der Waals surface area contributed by atoms with E-state index in [2.05, 4.69) is 27.6 Å². The molecule has 2 atom stereocenters. The second-order valence-electron chi connectivity index (χ2n) is 6.59. The van der Waals surface area contributed by atoms with Gasteiger partial charge in [0.2, 0.25) is 5.13 Å². The van der Waals surface area contributed by atoms with E-state index >= 15 is 0 Å². The van der Waals surface area contributed by atoms with Crippen molar-refractivity contribution in [1.82, 2.24) is 10.2 Å². The Balaban J connectivity index is 1.34. The van der Waals surface area contributed by atoms with Crippen LogP contribution < -0.4 is 10.1 Å². The average molecular weight is 395 g/mol. The number of anilines is 1. The first-order valence-electron chi connectivity index (χ1n) is 9.27. The molecule has 0 radical (unpaired) electrons. The number of nitrogens with one attached hydrogen (secondary N) is 1. The van der Waals surface area contributed by atoms with E-state index in [1.54, 1.807) is 6.92 Å². The average Bonchev–Trinajstić information content (AvgIpc) is 3.41. The van der Waals surface area contributed by atoms with Crippen LogP contribution in [0.1, 0.15) is 30.9 Å². The summed E-state index contributed by atoms with van der Waals surface area (Å²) in [4.78, 5) is 12.4. The van der Waals surface area contributed by atoms with Crippen LogP contribution in [-0.4, -0.2) is 28.8 Å². The first-order chi connectivity index (χ1) is 13.7. The van der Waals surface area contributed by atoms with Crippen molar-refractivity contribution in [2.75, 3.05) is 11.9 Å². The van der Waals surface area contributed by atoms with Crippen molar-refractivity contribution in [3.63, 3.8) is 0 Å². The van der Waals surface area contributed by atoms with Crippen LogP contribution in [-0.2, 0) is 9.53 Å². The molecule has 0 saturated carbocycles. The zero-order valence-electron chi connectivity index (χ0n) is 15.5. The van der Waals surface area contributed by atoms with Gasteiger partial charge in [-0.3, -0.25) is 10.1 Å². The number of hydrogen-bond acceptors (Lipinski definition) is 6. The van der Waals surface area contributed by atoms with Crippen molar-refractivity contribution in [3.05, 3.63) is 59.6 Å². The molecule has 2 heterocycles. The van der Waals surface area contributed by atoms with Gasteiger partial charge in [0.15, 0.2) is 6.10 Å². The number of aromatic nitrogens is 2. The molecular weight excluding hydrogens is 374 g/mol. The molecule has 2 aromatic carbocycles. The van der Waals surface area contributed by atoms with E-state index in [4.69, 9.17) is 9.47 Å². The lowest BCUT2D eigenvalue weighted by Crippen LogP contribution is -2.30. The van der Waals surface area contributed by atoms with Crippen molar-refractivity contribution in [3.8, 4) is 16.9 Å². The molecule has 1 amide bonds. The van der Waals surface area contributed by atoms with Gasteiger partial charge in [0.1, 0.15) is 16.9 Å². The molecule has 3 aromatic rings. The molecule has 1 aromatic heterocycles. The predicted octanol–water partition coefficient (Wildman–Crippen LogP) is 4.46. The smallest absolute Gasteiger partial charge is 0.266 e. The van der Waals surface area contributed by atoms with Crippen molar-refractivity contribution >= 4 is 22.4 Å². The topological polar surface area (TPSA) is 73.3 Å². The van der Waals surface area contributed by atoms with E-state index < -0.39 is 6.10 Å². The van der Waals surface area contributed by atoms with Crippen molar-refractivity contribution in [2.45, 2.75) is 32.0 Å². The van der Waals surface area contributed by atoms with Crippen molar-refractivity contribution in [1.29, 1.82) is 0 Å². The van der Waals surface area contributed by atoms with Crippen LogP contribution in [0.3, 0.4) is 0 Å². The van der Waals surface area contributed by atoms with E-state index in [0.29, 0.717) is 10.9 Å². The second kappa shape index (κ2) is 8.50. The molecule has 0 bridgehead atoms. The molecule has 0 aliphatic carbocycles. The molecule has 28 heavy (non-hydrogen) atoms. The molecular formula is C21H21N3O3S. The molecule has 1 N–H and O–H groups in total. The SMILES string of the molecule is C[C@@H](Oc1ccc(-c2ccccc2)cc1)C(=O)Nc1nnc([C@@H]2CCCO2)s1. The molecule has 144 valence electrons. The number of carbonyl (C=O) groups excluding carboxylic acids is 1. The lowest BCUT2D eigenvalue weighted by atomic mass is 10.1. The zero-order chi connectivity index (χ0) is 19.3. The van der Waals surface area contributed by atoms with Gasteiger partial charge in [-0.05, 0) is 43.0 Å². The molecule has 1 aliphatic heterocycles. The van der Waals surface area contributed by atoms with Gasteiger partial charge < -0.3 is 9.47 Å². The fourth-order valence-corrected chi connectivity index (χ4v) is 3.84. The van der Waals surface area contributed by atoms with Gasteiger partial charge in [0, 0.05) is 6.61 Å². The fraction of sp³-hybridized carbons (Fsp3) is 0.286. The predicted molar refractivity (Wildman–Crippen MR) is 108 cm³/mol. The maximum atomic E-state index is 12.4. The normalized spacial score (nSPS) is 17.2. The van der Waals surface area contributed by atoms with Gasteiger partial charge in [0.05, 0.1) is 0 Å². The number of rotatable bonds is 6. The summed E-state index contributed by atoms with van der Waals surface area (Å²) in [6.45, 7) is 2.46. The monoisotopic (exact) mass is 395 g/mol. The van der Waals surface area contributed by atoms with Crippen LogP contribution in [0, 0.1) is 0 Å². The minimum Gasteiger partial charge on any atom is -0.481 e. The summed E-state index contributed by atoms with van der Waals surface area (Å²) < 4.78 is 11.4. The Kier molecular flexibility index (Phi) is 5.64. The lowest BCUT2D eigenvalue weighted by molar-refractivity contribution is -0.122. The van der Waals surface area contributed by atoms with E-state index in [9.17, 15) is 4.79 Å². The second-order valence-corrected chi connectivity index (χ2v) is 7.60. The molecule has 6 nitrogen and oxygen atoms in total. The first kappa shape index (κ1) is 18.6. The zero-order valence-corrected chi connectivity index (χ0v) is 16.3. The third-order valence-electron chi connectivity index (χ3n) is 4.52. The number of carbonyl (C=O) groups is 1. The van der Waals surface area contributed by atoms with Crippen molar-refractivity contribution in [2.24, 2.45) is 0 Å². The molecule has 4 rings (SSSR count). The lowest BCUT2D eigenvalue weighted by Gasteiger charge is -2.14. The van der Waals surface area contributed by atoms with Crippen LogP contribution in [0.2, 0.25) is 0 Å². The highest BCUT2D eigenvalue weighted by Gasteiger charge is 2.23. The summed E-state index contributed by atoms with van der Waals surface area (Å²) in [5.41, 5.74) is 2.23. The number of amides is 1. The number of hydrogen-bond donors (Lipinski definition) is 1. The number of nitrogens with zero attached hydrogens (tertiary/aromatic N) is 2. The minimum absolute atomic E-state index is 0.0000420. The Bertz CT molecular complexity index is 922. The van der Waals surface area contributed by atoms with E-state index in [1.807, 2.05) is 42.5 Å². The highest BCUT2D eigenvalue weighted by molar-refractivity contribution is 7.15. The third kappa shape index (κ3) is 4.37. The molecule has 1 fully saturated rings. The highest BCUT2D eigenvalue weighted by atomic mass is 32.1. The van der Waals surface area contributed by atoms with Gasteiger partial charge in [-0.2, -0.15) is 0 Å². The maximum absolute atomic E-state index is 12.4. The minimum atomic E-state index is -0.655. The molecule has 1 saturated heterocycles. The summed E-state index contributed by atoms with van der Waals surface area (Å²) in [6.07, 6.45) is 1.32. The Morgan fingerprint density at radius 2 is 1.89 bits per heavy atom. The largest absolute Gasteiger partial charge is 0.481 e. The quantitative estimate of drug-likeness (QED) is 0.667. The van der Waals surface area contributed by atoms with Crippen LogP contribution >= 0.6 is 11.3 Å². The fourth-order valence-electron chi connectivity index (χ4n) is 3.01. The van der Waals surface area contributed by atoms with E-state index in [0.717, 1.165) is 35.6 Å². The maximum Gasteiger partial charge on any atom is 0.266 e. The summed E-state index contributed by atoms with van der Waals surface area (Å²) in [7, 11) is 0. The van der Waals surface area contributed by atoms with Gasteiger partial charge >= 0.3 is 0 Å². The Labute approximate surface area is 167 Å². The Morgan fingerprint density at radius 1 is 1.14 bits per heavy atom. The standard InChI is InChI=1S/C21H21N3O3S/c1-14(19(25)22-21-24-23-20(28-21)18-8-5-13-26-18)27-17-11-9-16(10-12-17)15-6-3-2-4-7-15/h2-4,6-7,9-12,14,18H,5,8,13H2,1H3,(H,22,24,25)/t14-,18+/m1/s1. The molecule has 0 unspecified atom stereocenters. The van der Waals surface area contributed by atoms with Gasteiger partial charge in [-0.15, -0.1) is 10.2 Å². The van der Waals surface area contributed by atoms with E-state index in [1.165, 1.54) is 11.3 Å². The van der Waals surface area contributed by atoms with E-state index in [-0.39, 0.29) is 12.0 Å².